The van der Waals surface area contributed by atoms with Crippen molar-refractivity contribution in [1.29, 1.82) is 0 Å². The fraction of sp³-hybridized carbons (Fsp3) is 0.207. The van der Waals surface area contributed by atoms with Crippen LogP contribution in [0.3, 0.4) is 0 Å². The number of amides is 1. The molecule has 3 heterocycles. The van der Waals surface area contributed by atoms with Gasteiger partial charge in [-0.05, 0) is 44.4 Å². The van der Waals surface area contributed by atoms with Crippen molar-refractivity contribution in [3.63, 3.8) is 0 Å². The maximum Gasteiger partial charge on any atom is 0.264 e. The summed E-state index contributed by atoms with van der Waals surface area (Å²) >= 11 is 7.07. The molecule has 1 atom stereocenters. The zero-order valence-corrected chi connectivity index (χ0v) is 21.8. The Labute approximate surface area is 227 Å². The molecule has 2 aromatic carbocycles. The molecule has 3 aromatic heterocycles. The van der Waals surface area contributed by atoms with Gasteiger partial charge >= 0.3 is 0 Å². The Kier molecular flexibility index (Phi) is 6.36. The maximum atomic E-state index is 14.2. The van der Waals surface area contributed by atoms with Gasteiger partial charge in [0.05, 0.1) is 27.7 Å². The summed E-state index contributed by atoms with van der Waals surface area (Å²) in [7, 11) is 0. The van der Waals surface area contributed by atoms with Crippen LogP contribution in [-0.4, -0.2) is 31.5 Å². The smallest absolute Gasteiger partial charge is 0.264 e. The molecule has 39 heavy (non-hydrogen) atoms. The average Bonchev–Trinajstić information content (AvgIpc) is 2.92. The highest BCUT2D eigenvalue weighted by atomic mass is 35.5. The summed E-state index contributed by atoms with van der Waals surface area (Å²) in [4.78, 5) is 51.5. The third kappa shape index (κ3) is 4.34. The zero-order chi connectivity index (χ0) is 27.1. The quantitative estimate of drug-likeness (QED) is 0.286. The van der Waals surface area contributed by atoms with Gasteiger partial charge in [-0.1, -0.05) is 41.9 Å². The van der Waals surface area contributed by atoms with Crippen LogP contribution in [0.2, 0.25) is 5.02 Å². The minimum atomic E-state index is -0.569. The Bertz CT molecular complexity index is 1840. The summed E-state index contributed by atoms with van der Waals surface area (Å²) in [6.45, 7) is 1.84. The fourth-order valence-corrected chi connectivity index (χ4v) is 5.44. The average molecular weight is 541 g/mol. The first-order chi connectivity index (χ1) is 18.9. The molecule has 1 aliphatic carbocycles. The number of aromatic amines is 1. The van der Waals surface area contributed by atoms with Crippen molar-refractivity contribution < 1.29 is 4.79 Å². The lowest BCUT2D eigenvalue weighted by atomic mass is 9.92. The first-order valence-corrected chi connectivity index (χ1v) is 13.1. The van der Waals surface area contributed by atoms with Gasteiger partial charge in [-0.2, -0.15) is 0 Å². The molecule has 0 saturated heterocycles. The zero-order valence-electron chi connectivity index (χ0n) is 21.1. The first-order valence-electron chi connectivity index (χ1n) is 12.8. The predicted molar refractivity (Wildman–Crippen MR) is 152 cm³/mol. The third-order valence-electron chi connectivity index (χ3n) is 7.19. The largest absolute Gasteiger partial charge is 0.361 e. The number of aromatic nitrogens is 4. The van der Waals surface area contributed by atoms with E-state index in [1.54, 1.807) is 18.2 Å². The molecule has 3 N–H and O–H groups in total. The second-order valence-corrected chi connectivity index (χ2v) is 10.0. The second-order valence-electron chi connectivity index (χ2n) is 9.66. The lowest BCUT2D eigenvalue weighted by Gasteiger charge is -2.27. The lowest BCUT2D eigenvalue weighted by molar-refractivity contribution is 0.0918. The Morgan fingerprint density at radius 3 is 2.59 bits per heavy atom. The highest BCUT2D eigenvalue weighted by Gasteiger charge is 2.27. The van der Waals surface area contributed by atoms with E-state index in [1.807, 2.05) is 37.3 Å². The number of hydrogen-bond acceptors (Lipinski definition) is 6. The van der Waals surface area contributed by atoms with Crippen molar-refractivity contribution in [2.75, 3.05) is 5.32 Å². The molecular weight excluding hydrogens is 516 g/mol. The van der Waals surface area contributed by atoms with Crippen molar-refractivity contribution in [1.82, 2.24) is 24.8 Å². The summed E-state index contributed by atoms with van der Waals surface area (Å²) in [5.74, 6) is 0.0230. The third-order valence-corrected chi connectivity index (χ3v) is 7.59. The topological polar surface area (TPSA) is 122 Å². The molecule has 0 aliphatic heterocycles. The van der Waals surface area contributed by atoms with E-state index in [9.17, 15) is 14.4 Å². The van der Waals surface area contributed by atoms with Crippen molar-refractivity contribution in [2.24, 2.45) is 0 Å². The Balaban J connectivity index is 1.55. The SMILES string of the molecule is CC(Nc1ncnc2[nH]ccc(=O)c12)c1c(Cl)c2cccc(C(=O)NC3CCC3)c2c(=O)n1-c1ccccc1. The van der Waals surface area contributed by atoms with E-state index in [0.717, 1.165) is 19.3 Å². The van der Waals surface area contributed by atoms with Crippen LogP contribution in [0.25, 0.3) is 27.5 Å². The summed E-state index contributed by atoms with van der Waals surface area (Å²) in [5, 5.41) is 7.65. The molecular formula is C29H25ClN6O3. The standard InChI is InChI=1S/C29H25ClN6O3/c1-16(34-27-23-21(37)13-14-31-26(23)32-15-33-27)25-24(30)19-11-6-12-20(28(38)35-17-7-5-8-17)22(19)29(39)36(25)18-9-3-2-4-10-18/h2-4,6,9-17H,5,7-8H2,1H3,(H,35,38)(H2,31,32,33,34,37). The van der Waals surface area contributed by atoms with E-state index < -0.39 is 6.04 Å². The molecule has 6 rings (SSSR count). The normalized spacial score (nSPS) is 14.2. The number of nitrogens with zero attached hydrogens (tertiary/aromatic N) is 3. The first kappa shape index (κ1) is 24.8. The van der Waals surface area contributed by atoms with Gasteiger partial charge in [-0.3, -0.25) is 19.0 Å². The van der Waals surface area contributed by atoms with Crippen molar-refractivity contribution in [3.05, 3.63) is 104 Å². The van der Waals surface area contributed by atoms with Crippen LogP contribution in [0.4, 0.5) is 5.82 Å². The van der Waals surface area contributed by atoms with Crippen molar-refractivity contribution in [2.45, 2.75) is 38.3 Å². The maximum absolute atomic E-state index is 14.2. The summed E-state index contributed by atoms with van der Waals surface area (Å²) in [6.07, 6.45) is 5.82. The minimum Gasteiger partial charge on any atom is -0.361 e. The molecule has 196 valence electrons. The molecule has 1 fully saturated rings. The number of fused-ring (bicyclic) bond motifs is 2. The van der Waals surface area contributed by atoms with Crippen LogP contribution >= 0.6 is 11.6 Å². The van der Waals surface area contributed by atoms with Gasteiger partial charge in [0.15, 0.2) is 5.43 Å². The number of nitrogens with one attached hydrogen (secondary N) is 3. The predicted octanol–water partition coefficient (Wildman–Crippen LogP) is 4.73. The van der Waals surface area contributed by atoms with Gasteiger partial charge in [0.2, 0.25) is 0 Å². The van der Waals surface area contributed by atoms with E-state index in [1.165, 1.54) is 23.2 Å². The molecule has 1 unspecified atom stereocenters. The Hall–Kier alpha value is -4.50. The van der Waals surface area contributed by atoms with E-state index in [0.29, 0.717) is 38.6 Å². The molecule has 9 nitrogen and oxygen atoms in total. The summed E-state index contributed by atoms with van der Waals surface area (Å²) in [6, 6.07) is 15.2. The van der Waals surface area contributed by atoms with E-state index in [2.05, 4.69) is 25.6 Å². The number of rotatable bonds is 6. The number of pyridine rings is 2. The van der Waals surface area contributed by atoms with Crippen LogP contribution in [0.1, 0.15) is 48.3 Å². The van der Waals surface area contributed by atoms with Crippen LogP contribution in [0.5, 0.6) is 0 Å². The molecule has 10 heteroatoms. The molecule has 0 bridgehead atoms. The van der Waals surface area contributed by atoms with Crippen molar-refractivity contribution >= 4 is 45.1 Å². The van der Waals surface area contributed by atoms with Crippen LogP contribution in [0.15, 0.2) is 76.7 Å². The number of anilines is 1. The number of carbonyl (C=O) groups is 1. The van der Waals surface area contributed by atoms with E-state index in [-0.39, 0.29) is 33.9 Å². The van der Waals surface area contributed by atoms with Crippen LogP contribution in [0, 0.1) is 0 Å². The lowest BCUT2D eigenvalue weighted by Crippen LogP contribution is -2.40. The van der Waals surface area contributed by atoms with Gasteiger partial charge in [-0.25, -0.2) is 9.97 Å². The fourth-order valence-electron chi connectivity index (χ4n) is 5.04. The summed E-state index contributed by atoms with van der Waals surface area (Å²) < 4.78 is 1.52. The molecule has 0 radical (unpaired) electrons. The molecule has 1 amide bonds. The van der Waals surface area contributed by atoms with Gasteiger partial charge in [0, 0.05) is 29.4 Å². The minimum absolute atomic E-state index is 0.119. The van der Waals surface area contributed by atoms with E-state index >= 15 is 0 Å². The van der Waals surface area contributed by atoms with Gasteiger partial charge in [-0.15, -0.1) is 0 Å². The Morgan fingerprint density at radius 2 is 1.85 bits per heavy atom. The number of H-pyrrole nitrogens is 1. The van der Waals surface area contributed by atoms with Crippen molar-refractivity contribution in [3.8, 4) is 5.69 Å². The monoisotopic (exact) mass is 540 g/mol. The number of benzene rings is 2. The highest BCUT2D eigenvalue weighted by Crippen LogP contribution is 2.34. The number of para-hydroxylation sites is 1. The Morgan fingerprint density at radius 1 is 1.05 bits per heavy atom. The van der Waals surface area contributed by atoms with Gasteiger partial charge < -0.3 is 15.6 Å². The van der Waals surface area contributed by atoms with E-state index in [4.69, 9.17) is 11.6 Å². The molecule has 5 aromatic rings. The van der Waals surface area contributed by atoms with Gasteiger partial charge in [0.1, 0.15) is 23.2 Å². The molecule has 1 saturated carbocycles. The number of hydrogen-bond donors (Lipinski definition) is 3. The number of halogens is 1. The second kappa shape index (κ2) is 9.99. The number of carbonyl (C=O) groups excluding carboxylic acids is 1. The van der Waals surface area contributed by atoms with Crippen LogP contribution < -0.4 is 21.6 Å². The van der Waals surface area contributed by atoms with Gasteiger partial charge in [0.25, 0.3) is 11.5 Å². The molecule has 0 spiro atoms. The summed E-state index contributed by atoms with van der Waals surface area (Å²) in [5.41, 5.74) is 1.13. The highest BCUT2D eigenvalue weighted by molar-refractivity contribution is 6.36. The molecule has 1 aliphatic rings. The van der Waals surface area contributed by atoms with Crippen LogP contribution in [-0.2, 0) is 0 Å².